The normalized spacial score (nSPS) is 21.9. The molecule has 2 unspecified atom stereocenters. The lowest BCUT2D eigenvalue weighted by atomic mass is 10.0. The molecule has 2 atom stereocenters. The number of hydrogen-bond acceptors (Lipinski definition) is 4. The van der Waals surface area contributed by atoms with Gasteiger partial charge in [-0.3, -0.25) is 0 Å². The second-order valence-corrected chi connectivity index (χ2v) is 7.36. The Bertz CT molecular complexity index is 822. The fraction of sp³-hybridized carbons (Fsp3) is 0.526. The summed E-state index contributed by atoms with van der Waals surface area (Å²) in [5, 5.41) is 11.6. The van der Waals surface area contributed by atoms with Crippen LogP contribution in [0.4, 0.5) is 9.18 Å². The number of benzene rings is 1. The first kappa shape index (κ1) is 17.9. The van der Waals surface area contributed by atoms with E-state index < -0.39 is 0 Å². The fourth-order valence-electron chi connectivity index (χ4n) is 4.09. The molecule has 0 spiro atoms. The summed E-state index contributed by atoms with van der Waals surface area (Å²) in [6.07, 6.45) is 3.58. The first-order valence-corrected chi connectivity index (χ1v) is 9.55. The number of carbonyl (C=O) groups excluding carboxylic acids is 1. The van der Waals surface area contributed by atoms with Crippen LogP contribution in [0.25, 0.3) is 0 Å². The van der Waals surface area contributed by atoms with Crippen molar-refractivity contribution in [3.63, 3.8) is 0 Å². The highest BCUT2D eigenvalue weighted by Crippen LogP contribution is 2.25. The van der Waals surface area contributed by atoms with Crippen molar-refractivity contribution in [2.45, 2.75) is 44.8 Å². The Labute approximate surface area is 157 Å². The van der Waals surface area contributed by atoms with Gasteiger partial charge in [0.05, 0.1) is 6.54 Å². The molecule has 0 saturated heterocycles. The average molecular weight is 372 g/mol. The van der Waals surface area contributed by atoms with Crippen LogP contribution >= 0.6 is 0 Å². The van der Waals surface area contributed by atoms with Crippen molar-refractivity contribution < 1.29 is 9.18 Å². The van der Waals surface area contributed by atoms with Gasteiger partial charge in [0.1, 0.15) is 11.6 Å². The third-order valence-electron chi connectivity index (χ3n) is 5.69. The number of nitrogens with one attached hydrogen (secondary N) is 1. The van der Waals surface area contributed by atoms with Crippen molar-refractivity contribution in [1.29, 1.82) is 0 Å². The highest BCUT2D eigenvalue weighted by Gasteiger charge is 2.30. The lowest BCUT2D eigenvalue weighted by Crippen LogP contribution is -2.49. The van der Waals surface area contributed by atoms with E-state index in [-0.39, 0.29) is 17.9 Å². The topological polar surface area (TPSA) is 89.1 Å². The number of rotatable bonds is 4. The summed E-state index contributed by atoms with van der Waals surface area (Å²) in [7, 11) is 0. The molecule has 1 aliphatic heterocycles. The molecule has 1 aliphatic carbocycles. The first-order valence-electron chi connectivity index (χ1n) is 9.55. The molecule has 1 fully saturated rings. The number of aromatic nitrogens is 3. The van der Waals surface area contributed by atoms with Crippen LogP contribution in [-0.2, 0) is 19.5 Å². The van der Waals surface area contributed by atoms with Gasteiger partial charge in [0, 0.05) is 25.6 Å². The number of fused-ring (bicyclic) bond motifs is 1. The molecule has 2 aromatic rings. The Morgan fingerprint density at radius 1 is 1.26 bits per heavy atom. The van der Waals surface area contributed by atoms with Crippen LogP contribution in [0.3, 0.4) is 0 Å². The lowest BCUT2D eigenvalue weighted by molar-refractivity contribution is 0.175. The quantitative estimate of drug-likeness (QED) is 0.854. The summed E-state index contributed by atoms with van der Waals surface area (Å²) in [6.45, 7) is 2.22. The van der Waals surface area contributed by atoms with Crippen LogP contribution in [0.2, 0.25) is 0 Å². The molecule has 0 radical (unpaired) electrons. The van der Waals surface area contributed by atoms with Gasteiger partial charge >= 0.3 is 6.03 Å². The second-order valence-electron chi connectivity index (χ2n) is 7.36. The highest BCUT2D eigenvalue weighted by atomic mass is 19.1. The predicted octanol–water partition coefficient (Wildman–Crippen LogP) is 1.66. The zero-order valence-electron chi connectivity index (χ0n) is 15.3. The van der Waals surface area contributed by atoms with Crippen molar-refractivity contribution >= 4 is 6.03 Å². The molecule has 2 aliphatic rings. The number of urea groups is 1. The molecule has 1 aromatic heterocycles. The number of nitrogens with zero attached hydrogens (tertiary/aromatic N) is 4. The minimum Gasteiger partial charge on any atom is -0.335 e. The maximum absolute atomic E-state index is 13.9. The zero-order valence-corrected chi connectivity index (χ0v) is 15.3. The van der Waals surface area contributed by atoms with E-state index in [9.17, 15) is 9.18 Å². The molecule has 3 N–H and O–H groups in total. The van der Waals surface area contributed by atoms with Gasteiger partial charge in [0.15, 0.2) is 5.82 Å². The van der Waals surface area contributed by atoms with Gasteiger partial charge in [-0.25, -0.2) is 9.18 Å². The lowest BCUT2D eigenvalue weighted by Gasteiger charge is -2.30. The molecule has 8 heteroatoms. The fourth-order valence-corrected chi connectivity index (χ4v) is 4.09. The van der Waals surface area contributed by atoms with E-state index in [1.54, 1.807) is 17.0 Å². The maximum atomic E-state index is 13.9. The van der Waals surface area contributed by atoms with E-state index >= 15 is 0 Å². The minimum absolute atomic E-state index is 0.0646. The maximum Gasteiger partial charge on any atom is 0.318 e. The smallest absolute Gasteiger partial charge is 0.318 e. The minimum atomic E-state index is -0.238. The highest BCUT2D eigenvalue weighted by molar-refractivity contribution is 5.74. The van der Waals surface area contributed by atoms with E-state index in [0.29, 0.717) is 44.1 Å². The average Bonchev–Trinajstić information content (AvgIpc) is 3.29. The number of carbonyl (C=O) groups is 1. The molecule has 1 aromatic carbocycles. The van der Waals surface area contributed by atoms with E-state index in [1.165, 1.54) is 6.07 Å². The molecular formula is C19H25FN6O. The van der Waals surface area contributed by atoms with Crippen LogP contribution in [0.5, 0.6) is 0 Å². The second kappa shape index (κ2) is 7.64. The predicted molar refractivity (Wildman–Crippen MR) is 98.4 cm³/mol. The van der Waals surface area contributed by atoms with Gasteiger partial charge < -0.3 is 20.5 Å². The van der Waals surface area contributed by atoms with Crippen molar-refractivity contribution in [3.05, 3.63) is 47.3 Å². The standard InChI is InChI=1S/C19H25FN6O/c20-15-6-2-1-4-13(15)10-17-23-24-18-12-25(8-9-26(17)18)19(27)22-16-7-3-5-14(16)11-21/h1-2,4,6,14,16H,3,5,7-12,21H2,(H,22,27). The van der Waals surface area contributed by atoms with E-state index in [4.69, 9.17) is 5.73 Å². The summed E-state index contributed by atoms with van der Waals surface area (Å²) < 4.78 is 15.9. The third-order valence-corrected chi connectivity index (χ3v) is 5.69. The van der Waals surface area contributed by atoms with Gasteiger partial charge in [-0.1, -0.05) is 24.6 Å². The van der Waals surface area contributed by atoms with Gasteiger partial charge in [-0.05, 0) is 36.9 Å². The molecule has 0 bridgehead atoms. The van der Waals surface area contributed by atoms with Crippen molar-refractivity contribution in [3.8, 4) is 0 Å². The van der Waals surface area contributed by atoms with Crippen LogP contribution in [0.15, 0.2) is 24.3 Å². The van der Waals surface area contributed by atoms with Crippen molar-refractivity contribution in [2.75, 3.05) is 13.1 Å². The van der Waals surface area contributed by atoms with Gasteiger partial charge in [-0.2, -0.15) is 0 Å². The van der Waals surface area contributed by atoms with Gasteiger partial charge in [0.25, 0.3) is 0 Å². The van der Waals surface area contributed by atoms with Crippen LogP contribution < -0.4 is 11.1 Å². The molecule has 1 saturated carbocycles. The number of nitrogens with two attached hydrogens (primary N) is 1. The Hall–Kier alpha value is -2.48. The number of amides is 2. The van der Waals surface area contributed by atoms with E-state index in [2.05, 4.69) is 15.5 Å². The van der Waals surface area contributed by atoms with Gasteiger partial charge in [0.2, 0.25) is 0 Å². The molecule has 2 heterocycles. The molecule has 144 valence electrons. The third kappa shape index (κ3) is 3.66. The summed E-state index contributed by atoms with van der Waals surface area (Å²) in [5.74, 6) is 1.60. The molecule has 7 nitrogen and oxygen atoms in total. The van der Waals surface area contributed by atoms with Crippen LogP contribution in [0, 0.1) is 11.7 Å². The summed E-state index contributed by atoms with van der Waals surface area (Å²) in [6, 6.07) is 6.80. The first-order chi connectivity index (χ1) is 13.2. The Morgan fingerprint density at radius 3 is 2.93 bits per heavy atom. The van der Waals surface area contributed by atoms with E-state index in [0.717, 1.165) is 30.9 Å². The van der Waals surface area contributed by atoms with Crippen LogP contribution in [0.1, 0.15) is 36.5 Å². The summed E-state index contributed by atoms with van der Waals surface area (Å²) in [5.41, 5.74) is 6.40. The number of halogens is 1. The summed E-state index contributed by atoms with van der Waals surface area (Å²) >= 11 is 0. The van der Waals surface area contributed by atoms with Crippen molar-refractivity contribution in [2.24, 2.45) is 11.7 Å². The Kier molecular flexibility index (Phi) is 5.07. The van der Waals surface area contributed by atoms with E-state index in [1.807, 2.05) is 10.6 Å². The Morgan fingerprint density at radius 2 is 2.11 bits per heavy atom. The number of hydrogen-bond donors (Lipinski definition) is 2. The Balaban J connectivity index is 1.41. The largest absolute Gasteiger partial charge is 0.335 e. The molecule has 2 amide bonds. The van der Waals surface area contributed by atoms with Gasteiger partial charge in [-0.15, -0.1) is 10.2 Å². The van der Waals surface area contributed by atoms with Crippen LogP contribution in [-0.4, -0.2) is 44.8 Å². The monoisotopic (exact) mass is 372 g/mol. The zero-order chi connectivity index (χ0) is 18.8. The molecule has 4 rings (SSSR count). The molecular weight excluding hydrogens is 347 g/mol. The summed E-state index contributed by atoms with van der Waals surface area (Å²) in [4.78, 5) is 14.4. The van der Waals surface area contributed by atoms with Crippen molar-refractivity contribution in [1.82, 2.24) is 25.0 Å². The SMILES string of the molecule is NCC1CCCC1NC(=O)N1CCn2c(Cc3ccccc3F)nnc2C1. The molecule has 27 heavy (non-hydrogen) atoms.